The van der Waals surface area contributed by atoms with Gasteiger partial charge in [0.15, 0.2) is 11.6 Å². The lowest BCUT2D eigenvalue weighted by atomic mass is 10.1. The molecule has 2 saturated heterocycles. The predicted octanol–water partition coefficient (Wildman–Crippen LogP) is 1.93. The van der Waals surface area contributed by atoms with E-state index in [0.29, 0.717) is 30.1 Å². The van der Waals surface area contributed by atoms with E-state index in [1.54, 1.807) is 6.26 Å². The van der Waals surface area contributed by atoms with E-state index in [0.717, 1.165) is 31.5 Å². The Labute approximate surface area is 135 Å². The Hall–Kier alpha value is -2.21. The molecule has 0 N–H and O–H groups in total. The van der Waals surface area contributed by atoms with E-state index in [4.69, 9.17) is 4.42 Å². The van der Waals surface area contributed by atoms with Crippen LogP contribution in [0, 0.1) is 0 Å². The van der Waals surface area contributed by atoms with Gasteiger partial charge in [0.1, 0.15) is 0 Å². The monoisotopic (exact) mass is 312 g/mol. The van der Waals surface area contributed by atoms with E-state index < -0.39 is 0 Å². The minimum Gasteiger partial charge on any atom is -0.461 e. The molecular weight excluding hydrogens is 292 g/mol. The Morgan fingerprint density at radius 1 is 1.26 bits per heavy atom. The molecule has 0 saturated carbocycles. The van der Waals surface area contributed by atoms with Gasteiger partial charge in [-0.25, -0.2) is 9.97 Å². The van der Waals surface area contributed by atoms with Crippen LogP contribution in [0.2, 0.25) is 0 Å². The number of aromatic nitrogens is 2. The van der Waals surface area contributed by atoms with Crippen LogP contribution < -0.4 is 0 Å². The predicted molar refractivity (Wildman–Crippen MR) is 84.3 cm³/mol. The van der Waals surface area contributed by atoms with Gasteiger partial charge in [-0.05, 0) is 25.0 Å². The van der Waals surface area contributed by atoms with Crippen molar-refractivity contribution in [2.75, 3.05) is 13.6 Å². The summed E-state index contributed by atoms with van der Waals surface area (Å²) in [5.74, 6) is 1.54. The van der Waals surface area contributed by atoms with Gasteiger partial charge in [0.2, 0.25) is 5.91 Å². The van der Waals surface area contributed by atoms with Gasteiger partial charge in [-0.2, -0.15) is 0 Å². The van der Waals surface area contributed by atoms with Gasteiger partial charge >= 0.3 is 0 Å². The van der Waals surface area contributed by atoms with Gasteiger partial charge < -0.3 is 9.32 Å². The van der Waals surface area contributed by atoms with E-state index in [1.165, 1.54) is 0 Å². The molecule has 4 rings (SSSR count). The zero-order chi connectivity index (χ0) is 15.8. The SMILES string of the molecule is CN1C[C@@H]2CC[C@H](CC1=O)N2Cc1cnc(-c2ccco2)nc1. The Kier molecular flexibility index (Phi) is 3.61. The van der Waals surface area contributed by atoms with Crippen LogP contribution in [-0.4, -0.2) is 51.4 Å². The molecule has 23 heavy (non-hydrogen) atoms. The van der Waals surface area contributed by atoms with E-state index in [1.807, 2.05) is 36.5 Å². The zero-order valence-electron chi connectivity index (χ0n) is 13.2. The van der Waals surface area contributed by atoms with Crippen molar-refractivity contribution < 1.29 is 9.21 Å². The van der Waals surface area contributed by atoms with Crippen molar-refractivity contribution in [1.82, 2.24) is 19.8 Å². The van der Waals surface area contributed by atoms with Gasteiger partial charge in [0.05, 0.1) is 6.26 Å². The van der Waals surface area contributed by atoms with Crippen molar-refractivity contribution in [3.05, 3.63) is 36.4 Å². The molecule has 2 aromatic rings. The molecule has 0 unspecified atom stereocenters. The lowest BCUT2D eigenvalue weighted by Gasteiger charge is -2.27. The fourth-order valence-corrected chi connectivity index (χ4v) is 3.64. The van der Waals surface area contributed by atoms with Crippen molar-refractivity contribution >= 4 is 5.91 Å². The van der Waals surface area contributed by atoms with Crippen LogP contribution in [0.15, 0.2) is 35.2 Å². The number of fused-ring (bicyclic) bond motifs is 2. The summed E-state index contributed by atoms with van der Waals surface area (Å²) < 4.78 is 5.32. The third-order valence-electron chi connectivity index (χ3n) is 4.90. The summed E-state index contributed by atoms with van der Waals surface area (Å²) in [5, 5.41) is 0. The first-order chi connectivity index (χ1) is 11.2. The quantitative estimate of drug-likeness (QED) is 0.866. The Morgan fingerprint density at radius 2 is 2.04 bits per heavy atom. The van der Waals surface area contributed by atoms with Crippen LogP contribution in [-0.2, 0) is 11.3 Å². The number of furan rings is 1. The smallest absolute Gasteiger partial charge is 0.223 e. The van der Waals surface area contributed by atoms with Crippen LogP contribution in [0.4, 0.5) is 0 Å². The second kappa shape index (κ2) is 5.77. The molecule has 2 aliphatic heterocycles. The number of rotatable bonds is 3. The second-order valence-electron chi connectivity index (χ2n) is 6.43. The van der Waals surface area contributed by atoms with Crippen molar-refractivity contribution in [1.29, 1.82) is 0 Å². The molecule has 2 aliphatic rings. The van der Waals surface area contributed by atoms with Crippen LogP contribution in [0.1, 0.15) is 24.8 Å². The molecule has 2 atom stereocenters. The standard InChI is InChI=1S/C17H20N4O2/c1-20-11-14-5-4-13(7-16(20)22)21(14)10-12-8-18-17(19-9-12)15-3-2-6-23-15/h2-3,6,8-9,13-14H,4-5,7,10-11H2,1H3/t13-,14+/m1/s1. The molecule has 1 amide bonds. The molecule has 2 aromatic heterocycles. The highest BCUT2D eigenvalue weighted by atomic mass is 16.3. The first-order valence-corrected chi connectivity index (χ1v) is 8.05. The van der Waals surface area contributed by atoms with E-state index in [-0.39, 0.29) is 5.91 Å². The molecule has 0 spiro atoms. The molecule has 6 nitrogen and oxygen atoms in total. The number of carbonyl (C=O) groups is 1. The number of likely N-dealkylation sites (tertiary alicyclic amines) is 1. The molecule has 120 valence electrons. The zero-order valence-corrected chi connectivity index (χ0v) is 13.2. The third-order valence-corrected chi connectivity index (χ3v) is 4.90. The normalized spacial score (nSPS) is 24.9. The van der Waals surface area contributed by atoms with E-state index in [9.17, 15) is 4.79 Å². The fourth-order valence-electron chi connectivity index (χ4n) is 3.64. The number of hydrogen-bond acceptors (Lipinski definition) is 5. The average Bonchev–Trinajstić information content (AvgIpc) is 3.18. The molecule has 2 fully saturated rings. The van der Waals surface area contributed by atoms with E-state index in [2.05, 4.69) is 14.9 Å². The molecular formula is C17H20N4O2. The molecule has 0 aliphatic carbocycles. The fraction of sp³-hybridized carbons (Fsp3) is 0.471. The molecule has 0 radical (unpaired) electrons. The van der Waals surface area contributed by atoms with Crippen molar-refractivity contribution in [3.8, 4) is 11.6 Å². The van der Waals surface area contributed by atoms with Gasteiger partial charge in [-0.15, -0.1) is 0 Å². The molecule has 6 heteroatoms. The summed E-state index contributed by atoms with van der Waals surface area (Å²) in [6.45, 7) is 1.62. The van der Waals surface area contributed by atoms with Crippen LogP contribution in [0.3, 0.4) is 0 Å². The van der Waals surface area contributed by atoms with Crippen LogP contribution in [0.5, 0.6) is 0 Å². The minimum absolute atomic E-state index is 0.256. The van der Waals surface area contributed by atoms with Gasteiger partial charge in [0.25, 0.3) is 0 Å². The summed E-state index contributed by atoms with van der Waals surface area (Å²) >= 11 is 0. The maximum Gasteiger partial charge on any atom is 0.223 e. The highest BCUT2D eigenvalue weighted by molar-refractivity contribution is 5.77. The lowest BCUT2D eigenvalue weighted by Crippen LogP contribution is -2.38. The molecule has 2 bridgehead atoms. The van der Waals surface area contributed by atoms with Crippen LogP contribution >= 0.6 is 0 Å². The van der Waals surface area contributed by atoms with Crippen LogP contribution in [0.25, 0.3) is 11.6 Å². The second-order valence-corrected chi connectivity index (χ2v) is 6.43. The lowest BCUT2D eigenvalue weighted by molar-refractivity contribution is -0.130. The first-order valence-electron chi connectivity index (χ1n) is 8.05. The number of hydrogen-bond donors (Lipinski definition) is 0. The third kappa shape index (κ3) is 2.74. The maximum atomic E-state index is 12.0. The minimum atomic E-state index is 0.256. The van der Waals surface area contributed by atoms with Gasteiger partial charge in [0, 0.05) is 56.6 Å². The number of likely N-dealkylation sites (N-methyl/N-ethyl adjacent to an activating group) is 1. The highest BCUT2D eigenvalue weighted by Crippen LogP contribution is 2.31. The van der Waals surface area contributed by atoms with Gasteiger partial charge in [-0.3, -0.25) is 9.69 Å². The number of nitrogens with zero attached hydrogens (tertiary/aromatic N) is 4. The number of carbonyl (C=O) groups excluding carboxylic acids is 1. The summed E-state index contributed by atoms with van der Waals surface area (Å²) in [5.41, 5.74) is 1.08. The molecule has 0 aromatic carbocycles. The summed E-state index contributed by atoms with van der Waals surface area (Å²) in [4.78, 5) is 25.2. The van der Waals surface area contributed by atoms with Crippen molar-refractivity contribution in [2.24, 2.45) is 0 Å². The maximum absolute atomic E-state index is 12.0. The van der Waals surface area contributed by atoms with Gasteiger partial charge in [-0.1, -0.05) is 0 Å². The Bertz CT molecular complexity index is 683. The topological polar surface area (TPSA) is 62.5 Å². The summed E-state index contributed by atoms with van der Waals surface area (Å²) in [6.07, 6.45) is 8.23. The Morgan fingerprint density at radius 3 is 2.78 bits per heavy atom. The summed E-state index contributed by atoms with van der Waals surface area (Å²) in [7, 11) is 1.91. The van der Waals surface area contributed by atoms with Crippen molar-refractivity contribution in [2.45, 2.75) is 37.9 Å². The van der Waals surface area contributed by atoms with Crippen molar-refractivity contribution in [3.63, 3.8) is 0 Å². The highest BCUT2D eigenvalue weighted by Gasteiger charge is 2.39. The number of amides is 1. The average molecular weight is 312 g/mol. The first kappa shape index (κ1) is 14.4. The Balaban J connectivity index is 1.50. The molecule has 4 heterocycles. The largest absolute Gasteiger partial charge is 0.461 e. The van der Waals surface area contributed by atoms with E-state index >= 15 is 0 Å². The summed E-state index contributed by atoms with van der Waals surface area (Å²) in [6, 6.07) is 4.48.